The summed E-state index contributed by atoms with van der Waals surface area (Å²) in [4.78, 5) is 0. The van der Waals surface area contributed by atoms with Gasteiger partial charge in [-0.1, -0.05) is 52.4 Å². The molecule has 2 fully saturated rings. The van der Waals surface area contributed by atoms with Gasteiger partial charge in [-0.05, 0) is 49.4 Å². The van der Waals surface area contributed by atoms with E-state index in [1.165, 1.54) is 32.1 Å². The molecule has 2 rings (SSSR count). The average molecular weight is 222 g/mol. The van der Waals surface area contributed by atoms with E-state index in [1.807, 2.05) is 0 Å². The Morgan fingerprint density at radius 1 is 0.875 bits per heavy atom. The Bertz CT molecular complexity index is 196. The van der Waals surface area contributed by atoms with Crippen LogP contribution in [0.2, 0.25) is 0 Å². The molecule has 4 unspecified atom stereocenters. The second-order valence-corrected chi connectivity index (χ2v) is 6.61. The van der Waals surface area contributed by atoms with Crippen molar-refractivity contribution < 1.29 is 0 Å². The van der Waals surface area contributed by atoms with Crippen molar-refractivity contribution in [3.8, 4) is 0 Å². The van der Waals surface area contributed by atoms with Gasteiger partial charge in [-0.15, -0.1) is 0 Å². The Labute approximate surface area is 102 Å². The lowest BCUT2D eigenvalue weighted by atomic mass is 9.64. The molecule has 0 saturated heterocycles. The fourth-order valence-electron chi connectivity index (χ4n) is 4.17. The molecule has 94 valence electrons. The molecular formula is C16H30. The third-order valence-corrected chi connectivity index (χ3v) is 5.20. The maximum Gasteiger partial charge on any atom is -0.0383 e. The lowest BCUT2D eigenvalue weighted by Crippen LogP contribution is -2.30. The van der Waals surface area contributed by atoms with Gasteiger partial charge in [0.15, 0.2) is 0 Å². The molecule has 0 radical (unpaired) electrons. The summed E-state index contributed by atoms with van der Waals surface area (Å²) in [5, 5.41) is 0. The van der Waals surface area contributed by atoms with Gasteiger partial charge < -0.3 is 0 Å². The first-order valence-corrected chi connectivity index (χ1v) is 7.79. The summed E-state index contributed by atoms with van der Waals surface area (Å²) in [6.45, 7) is 4.78. The number of hydrogen-bond acceptors (Lipinski definition) is 0. The van der Waals surface area contributed by atoms with E-state index in [2.05, 4.69) is 13.8 Å². The maximum absolute atomic E-state index is 2.46. The zero-order valence-corrected chi connectivity index (χ0v) is 11.4. The van der Waals surface area contributed by atoms with Gasteiger partial charge in [0.25, 0.3) is 0 Å². The van der Waals surface area contributed by atoms with Crippen LogP contribution in [-0.4, -0.2) is 0 Å². The van der Waals surface area contributed by atoms with E-state index in [0.29, 0.717) is 0 Å². The van der Waals surface area contributed by atoms with Crippen LogP contribution in [0.4, 0.5) is 0 Å². The summed E-state index contributed by atoms with van der Waals surface area (Å²) >= 11 is 0. The molecule has 0 spiro atoms. The molecule has 0 aliphatic heterocycles. The number of hydrogen-bond donors (Lipinski definition) is 0. The number of fused-ring (bicyclic) bond motifs is 1. The molecule has 0 N–H and O–H groups in total. The first-order valence-electron chi connectivity index (χ1n) is 7.79. The van der Waals surface area contributed by atoms with Crippen LogP contribution in [0.1, 0.15) is 78.1 Å². The fraction of sp³-hybridized carbons (Fsp3) is 1.00. The van der Waals surface area contributed by atoms with E-state index in [1.54, 1.807) is 32.1 Å². The minimum Gasteiger partial charge on any atom is -0.0654 e. The van der Waals surface area contributed by atoms with Crippen LogP contribution in [0.25, 0.3) is 0 Å². The predicted molar refractivity (Wildman–Crippen MR) is 71.5 cm³/mol. The highest BCUT2D eigenvalue weighted by atomic mass is 14.4. The zero-order valence-electron chi connectivity index (χ0n) is 11.4. The first-order chi connectivity index (χ1) is 7.79. The normalized spacial score (nSPS) is 39.4. The highest BCUT2D eigenvalue weighted by Crippen LogP contribution is 2.45. The summed E-state index contributed by atoms with van der Waals surface area (Å²) in [6, 6.07) is 0. The molecule has 0 heteroatoms. The van der Waals surface area contributed by atoms with Crippen LogP contribution < -0.4 is 0 Å². The monoisotopic (exact) mass is 222 g/mol. The fourth-order valence-corrected chi connectivity index (χ4v) is 4.17. The molecule has 2 saturated carbocycles. The van der Waals surface area contributed by atoms with Gasteiger partial charge in [0.2, 0.25) is 0 Å². The Morgan fingerprint density at radius 3 is 2.44 bits per heavy atom. The predicted octanol–water partition coefficient (Wildman–Crippen LogP) is 5.42. The first kappa shape index (κ1) is 12.5. The molecule has 0 aromatic carbocycles. The van der Waals surface area contributed by atoms with Crippen LogP contribution in [0.5, 0.6) is 0 Å². The van der Waals surface area contributed by atoms with E-state index < -0.39 is 0 Å². The topological polar surface area (TPSA) is 0 Å². The minimum atomic E-state index is 1.03. The van der Waals surface area contributed by atoms with E-state index in [4.69, 9.17) is 0 Å². The third-order valence-electron chi connectivity index (χ3n) is 5.20. The highest BCUT2D eigenvalue weighted by Gasteiger charge is 2.33. The lowest BCUT2D eigenvalue weighted by Gasteiger charge is -2.41. The molecule has 0 nitrogen and oxygen atoms in total. The zero-order chi connectivity index (χ0) is 11.4. The summed E-state index contributed by atoms with van der Waals surface area (Å²) in [5.74, 6) is 4.36. The van der Waals surface area contributed by atoms with Crippen molar-refractivity contribution in [2.75, 3.05) is 0 Å². The van der Waals surface area contributed by atoms with Crippen LogP contribution >= 0.6 is 0 Å². The maximum atomic E-state index is 2.46. The Morgan fingerprint density at radius 2 is 1.62 bits per heavy atom. The van der Waals surface area contributed by atoms with Crippen molar-refractivity contribution in [2.24, 2.45) is 23.7 Å². The molecular weight excluding hydrogens is 192 g/mol. The van der Waals surface area contributed by atoms with Crippen molar-refractivity contribution in [2.45, 2.75) is 78.1 Å². The summed E-state index contributed by atoms with van der Waals surface area (Å²) in [7, 11) is 0. The highest BCUT2D eigenvalue weighted by molar-refractivity contribution is 4.85. The molecule has 0 aromatic heterocycles. The van der Waals surface area contributed by atoms with Crippen LogP contribution in [0.15, 0.2) is 0 Å². The van der Waals surface area contributed by atoms with Gasteiger partial charge in [-0.3, -0.25) is 0 Å². The van der Waals surface area contributed by atoms with Crippen molar-refractivity contribution in [1.29, 1.82) is 0 Å². The molecule has 4 atom stereocenters. The Balaban J connectivity index is 1.73. The molecule has 16 heavy (non-hydrogen) atoms. The van der Waals surface area contributed by atoms with Crippen molar-refractivity contribution in [3.63, 3.8) is 0 Å². The lowest BCUT2D eigenvalue weighted by molar-refractivity contribution is 0.0994. The van der Waals surface area contributed by atoms with Crippen LogP contribution in [0.3, 0.4) is 0 Å². The standard InChI is InChI=1S/C16H30/c1-3-4-5-6-14-8-10-15-11-13(2)7-9-16(15)12-14/h13-16H,3-12H2,1-2H3. The van der Waals surface area contributed by atoms with Crippen LogP contribution in [-0.2, 0) is 0 Å². The van der Waals surface area contributed by atoms with Gasteiger partial charge >= 0.3 is 0 Å². The van der Waals surface area contributed by atoms with Gasteiger partial charge in [-0.2, -0.15) is 0 Å². The van der Waals surface area contributed by atoms with Gasteiger partial charge in [-0.25, -0.2) is 0 Å². The van der Waals surface area contributed by atoms with Crippen molar-refractivity contribution in [1.82, 2.24) is 0 Å². The second-order valence-electron chi connectivity index (χ2n) is 6.61. The van der Waals surface area contributed by atoms with E-state index in [9.17, 15) is 0 Å². The quantitative estimate of drug-likeness (QED) is 0.557. The molecule has 2 aliphatic rings. The molecule has 2 aliphatic carbocycles. The van der Waals surface area contributed by atoms with Crippen molar-refractivity contribution >= 4 is 0 Å². The van der Waals surface area contributed by atoms with Crippen LogP contribution in [0, 0.1) is 23.7 Å². The molecule has 0 bridgehead atoms. The smallest absolute Gasteiger partial charge is 0.0383 e. The van der Waals surface area contributed by atoms with Gasteiger partial charge in [0.1, 0.15) is 0 Å². The summed E-state index contributed by atoms with van der Waals surface area (Å²) in [6.07, 6.45) is 15.2. The SMILES string of the molecule is CCCCCC1CCC2CC(C)CCC2C1. The summed E-state index contributed by atoms with van der Waals surface area (Å²) < 4.78 is 0. The Kier molecular flexibility index (Phi) is 4.73. The third kappa shape index (κ3) is 3.25. The Hall–Kier alpha value is 0. The van der Waals surface area contributed by atoms with Crippen molar-refractivity contribution in [3.05, 3.63) is 0 Å². The largest absolute Gasteiger partial charge is 0.0654 e. The van der Waals surface area contributed by atoms with Gasteiger partial charge in [0, 0.05) is 0 Å². The summed E-state index contributed by atoms with van der Waals surface area (Å²) in [5.41, 5.74) is 0. The number of rotatable bonds is 4. The molecule has 0 heterocycles. The van der Waals surface area contributed by atoms with E-state index >= 15 is 0 Å². The van der Waals surface area contributed by atoms with E-state index in [-0.39, 0.29) is 0 Å². The number of unbranched alkanes of at least 4 members (excludes halogenated alkanes) is 2. The second kappa shape index (κ2) is 6.07. The minimum absolute atomic E-state index is 1.03. The van der Waals surface area contributed by atoms with E-state index in [0.717, 1.165) is 23.7 Å². The molecule has 0 amide bonds. The average Bonchev–Trinajstić information content (AvgIpc) is 2.29. The van der Waals surface area contributed by atoms with Gasteiger partial charge in [0.05, 0.1) is 0 Å². The molecule has 0 aromatic rings.